The predicted octanol–water partition coefficient (Wildman–Crippen LogP) is 2.30. The Morgan fingerprint density at radius 3 is 2.54 bits per heavy atom. The Hall–Kier alpha value is -3.68. The van der Waals surface area contributed by atoms with E-state index in [-0.39, 0.29) is 0 Å². The molecule has 0 aliphatic rings. The van der Waals surface area contributed by atoms with Gasteiger partial charge in [0, 0.05) is 12.5 Å². The van der Waals surface area contributed by atoms with Gasteiger partial charge in [0.2, 0.25) is 5.88 Å². The summed E-state index contributed by atoms with van der Waals surface area (Å²) in [4.78, 5) is 13.3. The lowest BCUT2D eigenvalue weighted by Gasteiger charge is -2.06. The highest BCUT2D eigenvalue weighted by Gasteiger charge is 2.13. The molecule has 0 unspecified atom stereocenters. The molecular weight excluding hydrogens is 356 g/mol. The molecule has 0 fully saturated rings. The molecule has 142 valence electrons. The maximum absolute atomic E-state index is 6.02. The van der Waals surface area contributed by atoms with E-state index in [1.165, 1.54) is 0 Å². The number of hydrogen-bond donors (Lipinski definition) is 1. The smallest absolute Gasteiger partial charge is 0.213 e. The van der Waals surface area contributed by atoms with Gasteiger partial charge in [-0.05, 0) is 23.8 Å². The van der Waals surface area contributed by atoms with Crippen LogP contribution in [0.5, 0.6) is 11.6 Å². The Balaban J connectivity index is 1.65. The minimum absolute atomic E-state index is 0.343. The van der Waals surface area contributed by atoms with E-state index in [1.807, 2.05) is 36.4 Å². The molecule has 0 aliphatic heterocycles. The van der Waals surface area contributed by atoms with Crippen molar-refractivity contribution in [1.82, 2.24) is 24.6 Å². The van der Waals surface area contributed by atoms with Crippen LogP contribution in [0.25, 0.3) is 5.65 Å². The molecule has 3 aromatic heterocycles. The number of fused-ring (bicyclic) bond motifs is 1. The molecule has 8 heteroatoms. The van der Waals surface area contributed by atoms with Crippen LogP contribution in [0.4, 0.5) is 5.82 Å². The summed E-state index contributed by atoms with van der Waals surface area (Å²) in [5.41, 5.74) is 9.39. The summed E-state index contributed by atoms with van der Waals surface area (Å²) in [6, 6.07) is 13.5. The number of pyridine rings is 1. The second-order valence-electron chi connectivity index (χ2n) is 6.27. The van der Waals surface area contributed by atoms with Gasteiger partial charge in [0.05, 0.1) is 38.2 Å². The average molecular weight is 376 g/mol. The predicted molar refractivity (Wildman–Crippen MR) is 105 cm³/mol. The Kier molecular flexibility index (Phi) is 4.76. The lowest BCUT2D eigenvalue weighted by Crippen LogP contribution is -2.05. The first-order valence-electron chi connectivity index (χ1n) is 8.78. The number of ether oxygens (including phenoxy) is 2. The Bertz CT molecular complexity index is 1110. The standard InChI is InChI=1S/C20H20N6O2/c1-27-16-8-6-13(7-9-16)10-15-12-22-19(21)20-24-17(25-26(15)20)11-14-4-3-5-18(23-14)28-2/h3-9,12H,10-11H2,1-2H3,(H2,21,22). The molecule has 1 aromatic carbocycles. The van der Waals surface area contributed by atoms with E-state index in [9.17, 15) is 0 Å². The first kappa shape index (κ1) is 17.7. The van der Waals surface area contributed by atoms with Crippen molar-refractivity contribution in [2.75, 3.05) is 20.0 Å². The van der Waals surface area contributed by atoms with Crippen LogP contribution in [0.3, 0.4) is 0 Å². The summed E-state index contributed by atoms with van der Waals surface area (Å²) in [7, 11) is 3.24. The summed E-state index contributed by atoms with van der Waals surface area (Å²) in [5, 5.41) is 4.63. The van der Waals surface area contributed by atoms with Gasteiger partial charge in [0.1, 0.15) is 5.75 Å². The van der Waals surface area contributed by atoms with E-state index in [0.717, 1.165) is 22.7 Å². The normalized spacial score (nSPS) is 10.9. The topological polar surface area (TPSA) is 100 Å². The first-order valence-corrected chi connectivity index (χ1v) is 8.78. The quantitative estimate of drug-likeness (QED) is 0.551. The minimum atomic E-state index is 0.343. The van der Waals surface area contributed by atoms with Crippen LogP contribution in [0.15, 0.2) is 48.7 Å². The molecule has 4 rings (SSSR count). The molecule has 8 nitrogen and oxygen atoms in total. The van der Waals surface area contributed by atoms with Crippen LogP contribution in [0.2, 0.25) is 0 Å². The van der Waals surface area contributed by atoms with Crippen molar-refractivity contribution < 1.29 is 9.47 Å². The Labute approximate surface area is 162 Å². The van der Waals surface area contributed by atoms with Crippen LogP contribution in [-0.2, 0) is 12.8 Å². The zero-order valence-corrected chi connectivity index (χ0v) is 15.7. The van der Waals surface area contributed by atoms with Gasteiger partial charge in [-0.3, -0.25) is 0 Å². The number of nitrogens with zero attached hydrogens (tertiary/aromatic N) is 5. The second-order valence-corrected chi connectivity index (χ2v) is 6.27. The Morgan fingerprint density at radius 2 is 1.79 bits per heavy atom. The van der Waals surface area contributed by atoms with Gasteiger partial charge in [-0.15, -0.1) is 0 Å². The van der Waals surface area contributed by atoms with Gasteiger partial charge in [-0.1, -0.05) is 18.2 Å². The third kappa shape index (κ3) is 3.57. The largest absolute Gasteiger partial charge is 0.497 e. The van der Waals surface area contributed by atoms with Gasteiger partial charge in [-0.25, -0.2) is 19.5 Å². The lowest BCUT2D eigenvalue weighted by atomic mass is 10.1. The van der Waals surface area contributed by atoms with Crippen molar-refractivity contribution in [2.45, 2.75) is 12.8 Å². The fraction of sp³-hybridized carbons (Fsp3) is 0.200. The molecule has 0 amide bonds. The Morgan fingerprint density at radius 1 is 0.964 bits per heavy atom. The van der Waals surface area contributed by atoms with E-state index >= 15 is 0 Å². The molecule has 0 aliphatic carbocycles. The number of hydrogen-bond acceptors (Lipinski definition) is 7. The highest BCUT2D eigenvalue weighted by Crippen LogP contribution is 2.18. The monoisotopic (exact) mass is 376 g/mol. The molecule has 3 heterocycles. The molecular formula is C20H20N6O2. The number of nitrogens with two attached hydrogens (primary N) is 1. The minimum Gasteiger partial charge on any atom is -0.497 e. The fourth-order valence-corrected chi connectivity index (χ4v) is 2.96. The van der Waals surface area contributed by atoms with Gasteiger partial charge in [-0.2, -0.15) is 5.10 Å². The lowest BCUT2D eigenvalue weighted by molar-refractivity contribution is 0.396. The highest BCUT2D eigenvalue weighted by atomic mass is 16.5. The molecule has 0 bridgehead atoms. The van der Waals surface area contributed by atoms with Crippen molar-refractivity contribution in [1.29, 1.82) is 0 Å². The van der Waals surface area contributed by atoms with Gasteiger partial charge in [0.25, 0.3) is 0 Å². The summed E-state index contributed by atoms with van der Waals surface area (Å²) < 4.78 is 12.1. The number of anilines is 1. The van der Waals surface area contributed by atoms with E-state index in [4.69, 9.17) is 15.2 Å². The molecule has 28 heavy (non-hydrogen) atoms. The molecule has 0 saturated carbocycles. The molecule has 4 aromatic rings. The van der Waals surface area contributed by atoms with Crippen LogP contribution >= 0.6 is 0 Å². The van der Waals surface area contributed by atoms with Crippen LogP contribution in [0.1, 0.15) is 22.8 Å². The van der Waals surface area contributed by atoms with Crippen LogP contribution < -0.4 is 15.2 Å². The fourth-order valence-electron chi connectivity index (χ4n) is 2.96. The van der Waals surface area contributed by atoms with E-state index < -0.39 is 0 Å². The van der Waals surface area contributed by atoms with E-state index in [2.05, 4.69) is 20.1 Å². The van der Waals surface area contributed by atoms with Crippen LogP contribution in [-0.4, -0.2) is 38.8 Å². The number of methoxy groups -OCH3 is 2. The molecule has 0 radical (unpaired) electrons. The third-order valence-electron chi connectivity index (χ3n) is 4.38. The van der Waals surface area contributed by atoms with E-state index in [0.29, 0.717) is 36.0 Å². The molecule has 0 saturated heterocycles. The van der Waals surface area contributed by atoms with Gasteiger partial charge < -0.3 is 15.2 Å². The van der Waals surface area contributed by atoms with Crippen molar-refractivity contribution in [3.05, 3.63) is 71.4 Å². The summed E-state index contributed by atoms with van der Waals surface area (Å²) in [6.07, 6.45) is 2.85. The van der Waals surface area contributed by atoms with E-state index in [1.54, 1.807) is 31.0 Å². The first-order chi connectivity index (χ1) is 13.7. The van der Waals surface area contributed by atoms with Crippen molar-refractivity contribution in [3.8, 4) is 11.6 Å². The average Bonchev–Trinajstić information content (AvgIpc) is 3.15. The van der Waals surface area contributed by atoms with Gasteiger partial charge >= 0.3 is 0 Å². The number of aromatic nitrogens is 5. The second kappa shape index (κ2) is 7.51. The third-order valence-corrected chi connectivity index (χ3v) is 4.38. The van der Waals surface area contributed by atoms with Crippen LogP contribution in [0, 0.1) is 0 Å². The maximum Gasteiger partial charge on any atom is 0.213 e. The zero-order chi connectivity index (χ0) is 19.5. The number of benzene rings is 1. The summed E-state index contributed by atoms with van der Waals surface area (Å²) in [6.45, 7) is 0. The number of nitrogen functional groups attached to an aromatic ring is 1. The molecule has 2 N–H and O–H groups in total. The maximum atomic E-state index is 6.02. The molecule has 0 spiro atoms. The highest BCUT2D eigenvalue weighted by molar-refractivity contribution is 5.59. The SMILES string of the molecule is COc1ccc(Cc2cnc(N)c3nc(Cc4cccc(OC)n4)nn23)cc1. The van der Waals surface area contributed by atoms with Crippen molar-refractivity contribution >= 4 is 11.5 Å². The zero-order valence-electron chi connectivity index (χ0n) is 15.7. The summed E-state index contributed by atoms with van der Waals surface area (Å²) in [5.74, 6) is 2.34. The van der Waals surface area contributed by atoms with Crippen molar-refractivity contribution in [3.63, 3.8) is 0 Å². The molecule has 0 atom stereocenters. The van der Waals surface area contributed by atoms with Crippen molar-refractivity contribution in [2.24, 2.45) is 0 Å². The van der Waals surface area contributed by atoms with Gasteiger partial charge in [0.15, 0.2) is 17.3 Å². The number of rotatable bonds is 6. The summed E-state index contributed by atoms with van der Waals surface area (Å²) >= 11 is 0.